The number of allylic oxidation sites excluding steroid dienone is 3. The second-order valence-electron chi connectivity index (χ2n) is 6.33. The van der Waals surface area contributed by atoms with Gasteiger partial charge in [0.25, 0.3) is 0 Å². The van der Waals surface area contributed by atoms with Crippen LogP contribution in [0.5, 0.6) is 0 Å². The average molecular weight is 378 g/mol. The molecule has 1 aromatic rings. The highest BCUT2D eigenvalue weighted by Crippen LogP contribution is 2.15. The fraction of sp³-hybridized carbons (Fsp3) is 0.450. The Morgan fingerprint density at radius 2 is 1.61 bits per heavy atom. The lowest BCUT2D eigenvalue weighted by Crippen LogP contribution is -2.10. The molecule has 0 aliphatic heterocycles. The number of benzene rings is 1. The smallest absolute Gasteiger partial charge is 0.163 e. The zero-order valence-corrected chi connectivity index (χ0v) is 16.3. The monoisotopic (exact) mass is 377 g/mol. The average Bonchev–Trinajstić information content (AvgIpc) is 2.51. The highest BCUT2D eigenvalue weighted by atomic mass is 79.9. The topological polar surface area (TPSA) is 20.3 Å². The number of hydrogen-bond donors (Lipinski definition) is 0. The molecular weight excluding hydrogens is 350 g/mol. The van der Waals surface area contributed by atoms with Gasteiger partial charge in [-0.3, -0.25) is 4.79 Å². The normalized spacial score (nSPS) is 12.8. The zero-order chi connectivity index (χ0) is 17.2. The lowest BCUT2D eigenvalue weighted by molar-refractivity contribution is 0.0983. The summed E-state index contributed by atoms with van der Waals surface area (Å²) in [6, 6.07) is 7.59. The van der Waals surface area contributed by atoms with Crippen LogP contribution in [-0.2, 0) is 0 Å². The second-order valence-corrected chi connectivity index (χ2v) is 7.25. The molecule has 0 atom stereocenters. The molecule has 0 fully saturated rings. The van der Waals surface area contributed by atoms with Crippen molar-refractivity contribution in [2.24, 2.45) is 0 Å². The molecule has 3 heteroatoms. The summed E-state index contributed by atoms with van der Waals surface area (Å²) >= 11 is 3.39. The van der Waals surface area contributed by atoms with E-state index in [1.807, 2.05) is 24.3 Å². The first-order valence-electron chi connectivity index (χ1n) is 8.13. The number of nitrogens with zero attached hydrogens (tertiary/aromatic N) is 1. The molecule has 1 rings (SSSR count). The van der Waals surface area contributed by atoms with Gasteiger partial charge in [-0.1, -0.05) is 51.4 Å². The van der Waals surface area contributed by atoms with E-state index < -0.39 is 0 Å². The number of hydrogen-bond acceptors (Lipinski definition) is 2. The van der Waals surface area contributed by atoms with Gasteiger partial charge in [0.15, 0.2) is 5.78 Å². The first-order valence-corrected chi connectivity index (χ1v) is 8.92. The fourth-order valence-corrected chi connectivity index (χ4v) is 2.44. The standard InChI is InChI=1S/C20H28BrNO/c1-16(6-5-7-17(2)14-15-22(3)4)8-13-20(23)18-9-11-19(21)12-10-18/h6,9-12,14H,5,7-8,13,15H2,1-4H3. The predicted octanol–water partition coefficient (Wildman–Crippen LogP) is 5.65. The van der Waals surface area contributed by atoms with Crippen molar-refractivity contribution in [3.63, 3.8) is 0 Å². The van der Waals surface area contributed by atoms with Crippen molar-refractivity contribution in [1.29, 1.82) is 0 Å². The van der Waals surface area contributed by atoms with Gasteiger partial charge < -0.3 is 4.90 Å². The summed E-state index contributed by atoms with van der Waals surface area (Å²) in [6.45, 7) is 5.30. The summed E-state index contributed by atoms with van der Waals surface area (Å²) in [5, 5.41) is 0. The maximum Gasteiger partial charge on any atom is 0.163 e. The molecule has 0 spiro atoms. The first-order chi connectivity index (χ1) is 10.9. The van der Waals surface area contributed by atoms with Crippen LogP contribution in [0, 0.1) is 0 Å². The summed E-state index contributed by atoms with van der Waals surface area (Å²) in [5.41, 5.74) is 3.52. The minimum absolute atomic E-state index is 0.215. The van der Waals surface area contributed by atoms with E-state index in [-0.39, 0.29) is 5.78 Å². The number of carbonyl (C=O) groups is 1. The maximum absolute atomic E-state index is 12.1. The van der Waals surface area contributed by atoms with Crippen LogP contribution in [0.15, 0.2) is 52.0 Å². The number of halogens is 1. The molecule has 0 saturated heterocycles. The Bertz CT molecular complexity index is 556. The van der Waals surface area contributed by atoms with Crippen LogP contribution in [0.2, 0.25) is 0 Å². The molecule has 0 amide bonds. The SMILES string of the molecule is CC(=CCN(C)C)CCC=C(C)CCC(=O)c1ccc(Br)cc1. The summed E-state index contributed by atoms with van der Waals surface area (Å²) in [7, 11) is 4.16. The van der Waals surface area contributed by atoms with E-state index in [2.05, 4.69) is 60.9 Å². The molecule has 0 bridgehead atoms. The van der Waals surface area contributed by atoms with Gasteiger partial charge in [-0.05, 0) is 59.3 Å². The minimum atomic E-state index is 0.215. The minimum Gasteiger partial charge on any atom is -0.306 e. The third kappa shape index (κ3) is 8.87. The van der Waals surface area contributed by atoms with Crippen LogP contribution in [0.1, 0.15) is 49.9 Å². The lowest BCUT2D eigenvalue weighted by Gasteiger charge is -2.06. The van der Waals surface area contributed by atoms with Gasteiger partial charge in [0.1, 0.15) is 0 Å². The van der Waals surface area contributed by atoms with Crippen LogP contribution < -0.4 is 0 Å². The molecule has 0 heterocycles. The lowest BCUT2D eigenvalue weighted by atomic mass is 10.0. The zero-order valence-electron chi connectivity index (χ0n) is 14.7. The van der Waals surface area contributed by atoms with Gasteiger partial charge in [0.05, 0.1) is 0 Å². The molecule has 0 aliphatic carbocycles. The molecule has 126 valence electrons. The maximum atomic E-state index is 12.1. The fourth-order valence-electron chi connectivity index (χ4n) is 2.18. The number of ketones is 1. The van der Waals surface area contributed by atoms with E-state index in [4.69, 9.17) is 0 Å². The Morgan fingerprint density at radius 1 is 1.00 bits per heavy atom. The molecule has 0 saturated carbocycles. The van der Waals surface area contributed by atoms with E-state index in [1.54, 1.807) is 0 Å². The Kier molecular flexibility index (Phi) is 9.12. The molecule has 0 N–H and O–H groups in total. The van der Waals surface area contributed by atoms with Crippen LogP contribution in [0.25, 0.3) is 0 Å². The number of rotatable bonds is 9. The van der Waals surface area contributed by atoms with Crippen LogP contribution in [-0.4, -0.2) is 31.3 Å². The van der Waals surface area contributed by atoms with Crippen molar-refractivity contribution in [3.8, 4) is 0 Å². The molecular formula is C20H28BrNO. The van der Waals surface area contributed by atoms with Crippen LogP contribution >= 0.6 is 15.9 Å². The second kappa shape index (κ2) is 10.6. The van der Waals surface area contributed by atoms with Gasteiger partial charge in [-0.2, -0.15) is 0 Å². The third-order valence-electron chi connectivity index (χ3n) is 3.75. The van der Waals surface area contributed by atoms with Crippen molar-refractivity contribution in [2.45, 2.75) is 39.5 Å². The highest BCUT2D eigenvalue weighted by molar-refractivity contribution is 9.10. The van der Waals surface area contributed by atoms with Gasteiger partial charge in [-0.25, -0.2) is 0 Å². The highest BCUT2D eigenvalue weighted by Gasteiger charge is 2.05. The van der Waals surface area contributed by atoms with E-state index in [0.717, 1.165) is 35.8 Å². The summed E-state index contributed by atoms with van der Waals surface area (Å²) in [4.78, 5) is 14.3. The van der Waals surface area contributed by atoms with Gasteiger partial charge in [0.2, 0.25) is 0 Å². The number of Topliss-reactive ketones (excluding diaryl/α,β-unsaturated/α-hetero) is 1. The quantitative estimate of drug-likeness (QED) is 0.409. The predicted molar refractivity (Wildman–Crippen MR) is 103 cm³/mol. The Hall–Kier alpha value is -1.19. The third-order valence-corrected chi connectivity index (χ3v) is 4.28. The molecule has 2 nitrogen and oxygen atoms in total. The van der Waals surface area contributed by atoms with Gasteiger partial charge in [-0.15, -0.1) is 0 Å². The van der Waals surface area contributed by atoms with Crippen LogP contribution in [0.4, 0.5) is 0 Å². The largest absolute Gasteiger partial charge is 0.306 e. The molecule has 1 aromatic carbocycles. The summed E-state index contributed by atoms with van der Waals surface area (Å²) in [5.74, 6) is 0.215. The Balaban J connectivity index is 2.35. The van der Waals surface area contributed by atoms with Crippen molar-refractivity contribution < 1.29 is 4.79 Å². The molecule has 0 unspecified atom stereocenters. The van der Waals surface area contributed by atoms with E-state index in [9.17, 15) is 4.79 Å². The van der Waals surface area contributed by atoms with Crippen molar-refractivity contribution >= 4 is 21.7 Å². The van der Waals surface area contributed by atoms with Crippen molar-refractivity contribution in [1.82, 2.24) is 4.90 Å². The molecule has 0 aromatic heterocycles. The molecule has 23 heavy (non-hydrogen) atoms. The van der Waals surface area contributed by atoms with E-state index in [1.165, 1.54) is 11.1 Å². The van der Waals surface area contributed by atoms with Crippen LogP contribution in [0.3, 0.4) is 0 Å². The van der Waals surface area contributed by atoms with Gasteiger partial charge in [0, 0.05) is 23.0 Å². The van der Waals surface area contributed by atoms with Crippen molar-refractivity contribution in [3.05, 3.63) is 57.6 Å². The van der Waals surface area contributed by atoms with Gasteiger partial charge >= 0.3 is 0 Å². The first kappa shape index (κ1) is 19.9. The summed E-state index contributed by atoms with van der Waals surface area (Å²) in [6.07, 6.45) is 8.11. The van der Waals surface area contributed by atoms with E-state index >= 15 is 0 Å². The number of carbonyl (C=O) groups excluding carboxylic acids is 1. The molecule has 0 aliphatic rings. The summed E-state index contributed by atoms with van der Waals surface area (Å²) < 4.78 is 1.00. The molecule has 0 radical (unpaired) electrons. The van der Waals surface area contributed by atoms with Crippen molar-refractivity contribution in [2.75, 3.05) is 20.6 Å². The number of likely N-dealkylation sites (N-methyl/N-ethyl adjacent to an activating group) is 1. The Morgan fingerprint density at radius 3 is 2.22 bits per heavy atom. The Labute approximate surface area is 149 Å². The van der Waals surface area contributed by atoms with E-state index in [0.29, 0.717) is 6.42 Å².